The van der Waals surface area contributed by atoms with Gasteiger partial charge in [-0.15, -0.1) is 0 Å². The quantitative estimate of drug-likeness (QED) is 0.779. The van der Waals surface area contributed by atoms with Crippen LogP contribution >= 0.6 is 15.9 Å². The molecule has 0 aliphatic carbocycles. The highest BCUT2D eigenvalue weighted by Crippen LogP contribution is 2.22. The fraction of sp³-hybridized carbons (Fsp3) is 0.0588. The minimum Gasteiger partial charge on any atom is -0.496 e. The molecule has 0 saturated heterocycles. The van der Waals surface area contributed by atoms with Gasteiger partial charge in [0.05, 0.1) is 18.4 Å². The second-order valence-corrected chi connectivity index (χ2v) is 5.48. The Labute approximate surface area is 141 Å². The molecule has 2 aromatic rings. The summed E-state index contributed by atoms with van der Waals surface area (Å²) >= 11 is 3.20. The van der Waals surface area contributed by atoms with E-state index in [1.807, 2.05) is 18.2 Å². The fourth-order valence-corrected chi connectivity index (χ4v) is 2.31. The maximum atomic E-state index is 12.0. The van der Waals surface area contributed by atoms with Crippen molar-refractivity contribution in [3.05, 3.63) is 64.1 Å². The molecule has 0 saturated carbocycles. The maximum Gasteiger partial charge on any atom is 0.337 e. The number of anilines is 1. The smallest absolute Gasteiger partial charge is 0.337 e. The number of halogens is 1. The number of rotatable bonds is 5. The van der Waals surface area contributed by atoms with Crippen LogP contribution in [-0.4, -0.2) is 24.1 Å². The molecule has 0 spiro atoms. The SMILES string of the molecule is COc1ccccc1/C=C/C(=O)Nc1ccc(Br)cc1C(=O)O. The fourth-order valence-electron chi connectivity index (χ4n) is 1.95. The van der Waals surface area contributed by atoms with Gasteiger partial charge < -0.3 is 15.2 Å². The molecule has 2 aromatic carbocycles. The van der Waals surface area contributed by atoms with Crippen molar-refractivity contribution in [3.63, 3.8) is 0 Å². The van der Waals surface area contributed by atoms with Crippen LogP contribution < -0.4 is 10.1 Å². The van der Waals surface area contributed by atoms with Gasteiger partial charge in [0.1, 0.15) is 5.75 Å². The summed E-state index contributed by atoms with van der Waals surface area (Å²) in [4.78, 5) is 23.2. The van der Waals surface area contributed by atoms with E-state index in [9.17, 15) is 14.7 Å². The highest BCUT2D eigenvalue weighted by Gasteiger charge is 2.12. The number of hydrogen-bond acceptors (Lipinski definition) is 3. The first-order valence-electron chi connectivity index (χ1n) is 6.66. The molecule has 23 heavy (non-hydrogen) atoms. The zero-order valence-corrected chi connectivity index (χ0v) is 13.8. The maximum absolute atomic E-state index is 12.0. The second-order valence-electron chi connectivity index (χ2n) is 4.56. The van der Waals surface area contributed by atoms with Crippen molar-refractivity contribution in [1.82, 2.24) is 0 Å². The zero-order chi connectivity index (χ0) is 16.8. The Bertz CT molecular complexity index is 771. The molecule has 6 heteroatoms. The molecule has 0 unspecified atom stereocenters. The average Bonchev–Trinajstić information content (AvgIpc) is 2.54. The van der Waals surface area contributed by atoms with Crippen molar-refractivity contribution >= 4 is 39.6 Å². The van der Waals surface area contributed by atoms with Gasteiger partial charge in [0.25, 0.3) is 0 Å². The summed E-state index contributed by atoms with van der Waals surface area (Å²) in [6, 6.07) is 11.9. The van der Waals surface area contributed by atoms with Gasteiger partial charge in [-0.3, -0.25) is 4.79 Å². The molecule has 0 fully saturated rings. The minimum absolute atomic E-state index is 0.0124. The Kier molecular flexibility index (Phi) is 5.54. The van der Waals surface area contributed by atoms with Crippen LogP contribution in [0.1, 0.15) is 15.9 Å². The number of carbonyl (C=O) groups is 2. The molecule has 118 valence electrons. The third-order valence-corrected chi connectivity index (χ3v) is 3.52. The van der Waals surface area contributed by atoms with Crippen molar-refractivity contribution in [3.8, 4) is 5.75 Å². The third-order valence-electron chi connectivity index (χ3n) is 3.02. The predicted molar refractivity (Wildman–Crippen MR) is 91.8 cm³/mol. The first-order valence-corrected chi connectivity index (χ1v) is 7.45. The normalized spacial score (nSPS) is 10.5. The van der Waals surface area contributed by atoms with Gasteiger partial charge in [0, 0.05) is 16.1 Å². The summed E-state index contributed by atoms with van der Waals surface area (Å²) < 4.78 is 5.82. The number of carbonyl (C=O) groups excluding carboxylic acids is 1. The van der Waals surface area contributed by atoms with E-state index in [-0.39, 0.29) is 11.3 Å². The topological polar surface area (TPSA) is 75.6 Å². The number of carboxylic acid groups (broad SMARTS) is 1. The molecule has 2 N–H and O–H groups in total. The van der Waals surface area contributed by atoms with Gasteiger partial charge in [-0.25, -0.2) is 4.79 Å². The van der Waals surface area contributed by atoms with E-state index in [1.54, 1.807) is 25.3 Å². The van der Waals surface area contributed by atoms with Crippen LogP contribution in [0.15, 0.2) is 53.0 Å². The molecule has 5 nitrogen and oxygen atoms in total. The van der Waals surface area contributed by atoms with E-state index in [0.717, 1.165) is 5.56 Å². The number of aromatic carboxylic acids is 1. The Morgan fingerprint density at radius 1 is 1.22 bits per heavy atom. The van der Waals surface area contributed by atoms with Crippen LogP contribution in [0.4, 0.5) is 5.69 Å². The second kappa shape index (κ2) is 7.60. The van der Waals surface area contributed by atoms with Gasteiger partial charge >= 0.3 is 5.97 Å². The lowest BCUT2D eigenvalue weighted by Gasteiger charge is -2.07. The molecule has 0 heterocycles. The van der Waals surface area contributed by atoms with E-state index in [0.29, 0.717) is 10.2 Å². The first-order chi connectivity index (χ1) is 11.0. The van der Waals surface area contributed by atoms with Gasteiger partial charge in [-0.05, 0) is 30.3 Å². The Hall–Kier alpha value is -2.60. The molecule has 0 aliphatic rings. The van der Waals surface area contributed by atoms with Crippen LogP contribution in [0, 0.1) is 0 Å². The van der Waals surface area contributed by atoms with Crippen LogP contribution in [0.3, 0.4) is 0 Å². The minimum atomic E-state index is -1.12. The number of ether oxygens (including phenoxy) is 1. The zero-order valence-electron chi connectivity index (χ0n) is 12.2. The van der Waals surface area contributed by atoms with Crippen LogP contribution in [0.25, 0.3) is 6.08 Å². The summed E-state index contributed by atoms with van der Waals surface area (Å²) in [7, 11) is 1.55. The van der Waals surface area contributed by atoms with Crippen LogP contribution in [0.2, 0.25) is 0 Å². The highest BCUT2D eigenvalue weighted by molar-refractivity contribution is 9.10. The van der Waals surface area contributed by atoms with E-state index in [4.69, 9.17) is 4.74 Å². The summed E-state index contributed by atoms with van der Waals surface area (Å²) in [5, 5.41) is 11.7. The van der Waals surface area contributed by atoms with E-state index in [1.165, 1.54) is 18.2 Å². The Morgan fingerprint density at radius 2 is 1.96 bits per heavy atom. The van der Waals surface area contributed by atoms with Crippen molar-refractivity contribution in [2.24, 2.45) is 0 Å². The molecule has 0 atom stereocenters. The Balaban J connectivity index is 2.17. The molecule has 2 rings (SSSR count). The number of carboxylic acids is 1. The molecular formula is C17H14BrNO4. The molecule has 0 radical (unpaired) electrons. The molecule has 0 aliphatic heterocycles. The van der Waals surface area contributed by atoms with Gasteiger partial charge in [0.2, 0.25) is 5.91 Å². The van der Waals surface area contributed by atoms with E-state index < -0.39 is 11.9 Å². The summed E-state index contributed by atoms with van der Waals surface area (Å²) in [5.74, 6) is -0.901. The van der Waals surface area contributed by atoms with Gasteiger partial charge in [0.15, 0.2) is 0 Å². The molecular weight excluding hydrogens is 362 g/mol. The highest BCUT2D eigenvalue weighted by atomic mass is 79.9. The molecule has 0 aromatic heterocycles. The molecule has 0 bridgehead atoms. The summed E-state index contributed by atoms with van der Waals surface area (Å²) in [5.41, 5.74) is 0.994. The predicted octanol–water partition coefficient (Wildman–Crippen LogP) is 3.81. The molecule has 1 amide bonds. The van der Waals surface area contributed by atoms with E-state index >= 15 is 0 Å². The van der Waals surface area contributed by atoms with Crippen molar-refractivity contribution < 1.29 is 19.4 Å². The number of amides is 1. The number of methoxy groups -OCH3 is 1. The monoisotopic (exact) mass is 375 g/mol. The number of nitrogens with one attached hydrogen (secondary N) is 1. The largest absolute Gasteiger partial charge is 0.496 e. The van der Waals surface area contributed by atoms with Crippen LogP contribution in [-0.2, 0) is 4.79 Å². The average molecular weight is 376 g/mol. The number of benzene rings is 2. The lowest BCUT2D eigenvalue weighted by atomic mass is 10.1. The van der Waals surface area contributed by atoms with E-state index in [2.05, 4.69) is 21.2 Å². The lowest BCUT2D eigenvalue weighted by molar-refractivity contribution is -0.111. The van der Waals surface area contributed by atoms with Gasteiger partial charge in [-0.2, -0.15) is 0 Å². The third kappa shape index (κ3) is 4.43. The Morgan fingerprint density at radius 3 is 2.65 bits per heavy atom. The summed E-state index contributed by atoms with van der Waals surface area (Å²) in [6.45, 7) is 0. The number of para-hydroxylation sites is 1. The van der Waals surface area contributed by atoms with Gasteiger partial charge in [-0.1, -0.05) is 34.1 Å². The number of hydrogen-bond donors (Lipinski definition) is 2. The van der Waals surface area contributed by atoms with Crippen molar-refractivity contribution in [1.29, 1.82) is 0 Å². The lowest BCUT2D eigenvalue weighted by Crippen LogP contribution is -2.12. The van der Waals surface area contributed by atoms with Crippen molar-refractivity contribution in [2.75, 3.05) is 12.4 Å². The van der Waals surface area contributed by atoms with Crippen LogP contribution in [0.5, 0.6) is 5.75 Å². The standard InChI is InChI=1S/C17H14BrNO4/c1-23-15-5-3-2-4-11(15)6-9-16(20)19-14-8-7-12(18)10-13(14)17(21)22/h2-10H,1H3,(H,19,20)(H,21,22)/b9-6+. The summed E-state index contributed by atoms with van der Waals surface area (Å²) in [6.07, 6.45) is 2.93. The van der Waals surface area contributed by atoms with Crippen molar-refractivity contribution in [2.45, 2.75) is 0 Å². The first kappa shape index (κ1) is 16.8.